The van der Waals surface area contributed by atoms with E-state index in [1.165, 1.54) is 11.0 Å². The molecule has 0 aromatic rings. The first-order valence-electron chi connectivity index (χ1n) is 17.8. The molecule has 48 heavy (non-hydrogen) atoms. The van der Waals surface area contributed by atoms with Crippen LogP contribution in [0.2, 0.25) is 0 Å². The lowest BCUT2D eigenvalue weighted by molar-refractivity contribution is -0.145. The predicted molar refractivity (Wildman–Crippen MR) is 183 cm³/mol. The molecule has 6 atom stereocenters. The summed E-state index contributed by atoms with van der Waals surface area (Å²) >= 11 is 0. The number of amides is 5. The molecular weight excluding hydrogens is 634 g/mol. The van der Waals surface area contributed by atoms with Crippen LogP contribution in [0.25, 0.3) is 0 Å². The summed E-state index contributed by atoms with van der Waals surface area (Å²) in [5, 5.41) is 10.6. The third-order valence-corrected chi connectivity index (χ3v) is 13.7. The first-order valence-corrected chi connectivity index (χ1v) is 19.5. The maximum absolute atomic E-state index is 14.4. The number of carbonyl (C=O) groups is 5. The molecule has 2 aliphatic heterocycles. The van der Waals surface area contributed by atoms with Crippen molar-refractivity contribution in [1.29, 1.82) is 0 Å². The molecule has 1 unspecified atom stereocenters. The molecule has 0 spiro atoms. The molecular formula is C35H57N5O7S. The summed E-state index contributed by atoms with van der Waals surface area (Å²) in [6.45, 7) is 15.6. The van der Waals surface area contributed by atoms with Crippen molar-refractivity contribution >= 4 is 39.4 Å². The van der Waals surface area contributed by atoms with E-state index in [4.69, 9.17) is 0 Å². The number of likely N-dealkylation sites (tertiary alicyclic amines) is 1. The van der Waals surface area contributed by atoms with Crippen LogP contribution in [0.5, 0.6) is 0 Å². The zero-order chi connectivity index (χ0) is 35.7. The quantitative estimate of drug-likeness (QED) is 0.170. The van der Waals surface area contributed by atoms with Gasteiger partial charge >= 0.3 is 6.03 Å². The Labute approximate surface area is 286 Å². The van der Waals surface area contributed by atoms with Crippen molar-refractivity contribution < 1.29 is 32.4 Å². The molecule has 12 nitrogen and oxygen atoms in total. The summed E-state index contributed by atoms with van der Waals surface area (Å²) in [7, 11) is -3.35. The monoisotopic (exact) mass is 691 g/mol. The van der Waals surface area contributed by atoms with Crippen LogP contribution < -0.4 is 21.3 Å². The number of fused-ring (bicyclic) bond motifs is 1. The molecule has 5 amide bonds. The molecule has 0 aromatic heterocycles. The molecule has 13 heteroatoms. The van der Waals surface area contributed by atoms with Gasteiger partial charge in [-0.1, -0.05) is 79.7 Å². The smallest absolute Gasteiger partial charge is 0.315 e. The van der Waals surface area contributed by atoms with Gasteiger partial charge in [0.2, 0.25) is 17.6 Å². The van der Waals surface area contributed by atoms with Gasteiger partial charge in [0.1, 0.15) is 12.1 Å². The fourth-order valence-electron chi connectivity index (χ4n) is 8.49. The van der Waals surface area contributed by atoms with E-state index in [-0.39, 0.29) is 36.0 Å². The Bertz CT molecular complexity index is 1380. The van der Waals surface area contributed by atoms with Gasteiger partial charge in [0.05, 0.1) is 22.6 Å². The van der Waals surface area contributed by atoms with Crippen molar-refractivity contribution in [2.45, 2.75) is 135 Å². The van der Waals surface area contributed by atoms with E-state index in [0.29, 0.717) is 38.6 Å². The van der Waals surface area contributed by atoms with E-state index in [9.17, 15) is 32.4 Å². The van der Waals surface area contributed by atoms with Crippen LogP contribution >= 0.6 is 0 Å². The Kier molecular flexibility index (Phi) is 11.4. The summed E-state index contributed by atoms with van der Waals surface area (Å²) in [5.74, 6) is -2.41. The predicted octanol–water partition coefficient (Wildman–Crippen LogP) is 3.01. The van der Waals surface area contributed by atoms with Crippen LogP contribution in [0.4, 0.5) is 4.79 Å². The van der Waals surface area contributed by atoms with Gasteiger partial charge in [0.25, 0.3) is 5.91 Å². The summed E-state index contributed by atoms with van der Waals surface area (Å²) in [6, 6.07) is -3.53. The average Bonchev–Trinajstić information content (AvgIpc) is 3.33. The van der Waals surface area contributed by atoms with Gasteiger partial charge in [-0.05, 0) is 54.8 Å². The number of Topliss-reactive ketones (excluding diaryl/α,β-unsaturated/α-hetero) is 1. The first-order chi connectivity index (χ1) is 22.4. The minimum absolute atomic E-state index is 0.0606. The summed E-state index contributed by atoms with van der Waals surface area (Å²) in [4.78, 5) is 69.4. The molecule has 2 aliphatic carbocycles. The van der Waals surface area contributed by atoms with Gasteiger partial charge in [-0.25, -0.2) is 13.2 Å². The third-order valence-electron chi connectivity index (χ3n) is 11.3. The molecule has 2 saturated carbocycles. The van der Waals surface area contributed by atoms with Gasteiger partial charge in [-0.3, -0.25) is 19.2 Å². The lowest BCUT2D eigenvalue weighted by atomic mass is 9.78. The topological polar surface area (TPSA) is 171 Å². The molecule has 4 fully saturated rings. The van der Waals surface area contributed by atoms with E-state index < -0.39 is 73.7 Å². The number of rotatable bonds is 13. The van der Waals surface area contributed by atoms with Crippen molar-refractivity contribution in [3.63, 3.8) is 0 Å². The van der Waals surface area contributed by atoms with Gasteiger partial charge in [0.15, 0.2) is 9.84 Å². The summed E-state index contributed by atoms with van der Waals surface area (Å²) in [5.41, 5.74) is -1.84. The molecule has 0 bridgehead atoms. The number of hydrogen-bond acceptors (Lipinski definition) is 7. The van der Waals surface area contributed by atoms with Crippen molar-refractivity contribution in [2.24, 2.45) is 22.7 Å². The summed E-state index contributed by atoms with van der Waals surface area (Å²) in [6.07, 6.45) is 7.93. The Morgan fingerprint density at radius 1 is 1.02 bits per heavy atom. The second-order valence-corrected chi connectivity index (χ2v) is 18.4. The molecule has 2 heterocycles. The van der Waals surface area contributed by atoms with Crippen molar-refractivity contribution in [1.82, 2.24) is 26.2 Å². The third kappa shape index (κ3) is 7.75. The first kappa shape index (κ1) is 37.9. The van der Waals surface area contributed by atoms with Gasteiger partial charge < -0.3 is 26.2 Å². The SMILES string of the molecule is C=CCNC(=O)C(=O)[C@H](CCCC)NC(=O)[C@@H]1[C@@H]2C(CN1C(=O)[C@@H](NC(=O)NC1([C@@H]3CCCS3(=O)=O)CCCCC1)C(C)(C)C)C2(C)C. The minimum atomic E-state index is -3.35. The summed E-state index contributed by atoms with van der Waals surface area (Å²) < 4.78 is 26.1. The Morgan fingerprint density at radius 3 is 2.25 bits per heavy atom. The number of sulfone groups is 1. The number of hydrogen-bond donors (Lipinski definition) is 4. The standard InChI is InChI=1S/C35H57N5O7S/c1-8-10-15-23(27(41)30(43)36-19-9-2)37-29(42)26-25-22(34(25,6)7)21-40(26)31(44)28(33(3,4)5)38-32(45)39-35(17-12-11-13-18-35)24-16-14-20-48(24,46)47/h9,22-26,28H,2,8,10-21H2,1,3-7H3,(H,36,43)(H,37,42)(H2,38,39,45)/t22?,23-,24-,25-,26-,28+/m0/s1. The number of carbonyl (C=O) groups excluding carboxylic acids is 5. The van der Waals surface area contributed by atoms with Gasteiger partial charge in [-0.2, -0.15) is 0 Å². The Balaban J connectivity index is 1.55. The highest BCUT2D eigenvalue weighted by atomic mass is 32.2. The van der Waals surface area contributed by atoms with E-state index in [0.717, 1.165) is 25.7 Å². The van der Waals surface area contributed by atoms with Crippen molar-refractivity contribution in [3.05, 3.63) is 12.7 Å². The number of piperidine rings is 1. The largest absolute Gasteiger partial charge is 0.346 e. The van der Waals surface area contributed by atoms with Gasteiger partial charge in [-0.15, -0.1) is 6.58 Å². The Hall–Kier alpha value is -2.96. The van der Waals surface area contributed by atoms with Crippen LogP contribution in [-0.2, 0) is 29.0 Å². The fraction of sp³-hybridized carbons (Fsp3) is 0.800. The molecule has 4 N–H and O–H groups in total. The van der Waals surface area contributed by atoms with E-state index in [1.54, 1.807) is 0 Å². The second-order valence-electron chi connectivity index (χ2n) is 16.1. The van der Waals surface area contributed by atoms with E-state index in [2.05, 4.69) is 41.7 Å². The molecule has 4 rings (SSSR count). The highest BCUT2D eigenvalue weighted by molar-refractivity contribution is 7.92. The number of urea groups is 1. The minimum Gasteiger partial charge on any atom is -0.346 e. The van der Waals surface area contributed by atoms with Crippen molar-refractivity contribution in [3.8, 4) is 0 Å². The number of nitrogens with zero attached hydrogens (tertiary/aromatic N) is 1. The van der Waals surface area contributed by atoms with Crippen LogP contribution in [0.3, 0.4) is 0 Å². The van der Waals surface area contributed by atoms with Crippen molar-refractivity contribution in [2.75, 3.05) is 18.8 Å². The average molecular weight is 692 g/mol. The van der Waals surface area contributed by atoms with Gasteiger partial charge in [0, 0.05) is 13.1 Å². The highest BCUT2D eigenvalue weighted by Gasteiger charge is 2.70. The lowest BCUT2D eigenvalue weighted by Crippen LogP contribution is -2.65. The maximum Gasteiger partial charge on any atom is 0.315 e. The lowest BCUT2D eigenvalue weighted by Gasteiger charge is -2.43. The zero-order valence-corrected chi connectivity index (χ0v) is 30.5. The van der Waals surface area contributed by atoms with Crippen LogP contribution in [0.1, 0.15) is 106 Å². The van der Waals surface area contributed by atoms with E-state index in [1.807, 2.05) is 27.7 Å². The normalized spacial score (nSPS) is 27.9. The van der Waals surface area contributed by atoms with Crippen LogP contribution in [0, 0.1) is 22.7 Å². The molecule has 0 aromatic carbocycles. The molecule has 0 radical (unpaired) electrons. The zero-order valence-electron chi connectivity index (χ0n) is 29.7. The Morgan fingerprint density at radius 2 is 1.69 bits per heavy atom. The molecule has 4 aliphatic rings. The molecule has 270 valence electrons. The van der Waals surface area contributed by atoms with Crippen LogP contribution in [0.15, 0.2) is 12.7 Å². The number of unbranched alkanes of at least 4 members (excludes halogenated alkanes) is 1. The van der Waals surface area contributed by atoms with Crippen LogP contribution in [-0.4, -0.2) is 90.6 Å². The fourth-order valence-corrected chi connectivity index (χ4v) is 10.8. The second kappa shape index (κ2) is 14.5. The highest BCUT2D eigenvalue weighted by Crippen LogP contribution is 2.65. The number of nitrogens with one attached hydrogen (secondary N) is 4. The number of ketones is 1. The molecule has 2 saturated heterocycles. The van der Waals surface area contributed by atoms with E-state index >= 15 is 0 Å². The maximum atomic E-state index is 14.4.